The minimum atomic E-state index is -3.43. The number of carbonyl (C=O) groups is 1. The van der Waals surface area contributed by atoms with Crippen molar-refractivity contribution in [2.75, 3.05) is 25.2 Å². The molecule has 1 aromatic carbocycles. The van der Waals surface area contributed by atoms with E-state index in [1.165, 1.54) is 4.31 Å². The fourth-order valence-corrected chi connectivity index (χ4v) is 6.01. The van der Waals surface area contributed by atoms with Gasteiger partial charge in [-0.2, -0.15) is 4.31 Å². The zero-order valence-corrected chi connectivity index (χ0v) is 15.6. The van der Waals surface area contributed by atoms with E-state index in [4.69, 9.17) is 9.47 Å². The Morgan fingerprint density at radius 1 is 1.12 bits per heavy atom. The lowest BCUT2D eigenvalue weighted by Gasteiger charge is -2.13. The molecule has 0 bridgehead atoms. The van der Waals surface area contributed by atoms with Gasteiger partial charge in [-0.15, -0.1) is 11.3 Å². The van der Waals surface area contributed by atoms with E-state index >= 15 is 0 Å². The van der Waals surface area contributed by atoms with E-state index in [2.05, 4.69) is 5.32 Å². The fraction of sp³-hybridized carbons (Fsp3) is 0.353. The third kappa shape index (κ3) is 3.42. The van der Waals surface area contributed by atoms with Gasteiger partial charge in [-0.1, -0.05) is 0 Å². The van der Waals surface area contributed by atoms with E-state index in [1.54, 1.807) is 30.3 Å². The second kappa shape index (κ2) is 6.90. The summed E-state index contributed by atoms with van der Waals surface area (Å²) in [6.45, 7) is 1.32. The summed E-state index contributed by atoms with van der Waals surface area (Å²) >= 11 is 1.15. The summed E-state index contributed by atoms with van der Waals surface area (Å²) in [5.41, 5.74) is 0.612. The molecule has 2 aromatic rings. The number of nitrogens with one attached hydrogen (secondary N) is 1. The molecule has 0 unspecified atom stereocenters. The minimum Gasteiger partial charge on any atom is -0.454 e. The van der Waals surface area contributed by atoms with Crippen LogP contribution in [-0.2, 0) is 21.2 Å². The van der Waals surface area contributed by atoms with Gasteiger partial charge >= 0.3 is 0 Å². The van der Waals surface area contributed by atoms with Gasteiger partial charge in [0.05, 0.1) is 6.42 Å². The van der Waals surface area contributed by atoms with Crippen LogP contribution in [0.5, 0.6) is 11.5 Å². The average molecular weight is 394 g/mol. The van der Waals surface area contributed by atoms with E-state index in [0.29, 0.717) is 39.4 Å². The van der Waals surface area contributed by atoms with Gasteiger partial charge in [-0.3, -0.25) is 4.79 Å². The first-order chi connectivity index (χ1) is 12.5. The summed E-state index contributed by atoms with van der Waals surface area (Å²) in [4.78, 5) is 13.0. The molecule has 9 heteroatoms. The zero-order chi connectivity index (χ0) is 18.1. The SMILES string of the molecule is O=C(Cc1ccc(S(=O)(=O)N2CCCC2)s1)Nc1ccc2c(c1)OCO2. The standard InChI is InChI=1S/C17H18N2O5S2/c20-16(18-12-3-5-14-15(9-12)24-11-23-14)10-13-4-6-17(25-13)26(21,22)19-7-1-2-8-19/h3-6,9H,1-2,7-8,10-11H2,(H,18,20). The van der Waals surface area contributed by atoms with Crippen LogP contribution in [0.4, 0.5) is 5.69 Å². The van der Waals surface area contributed by atoms with Crippen molar-refractivity contribution in [3.63, 3.8) is 0 Å². The van der Waals surface area contributed by atoms with Crippen molar-refractivity contribution in [1.82, 2.24) is 4.31 Å². The van der Waals surface area contributed by atoms with Crippen molar-refractivity contribution in [1.29, 1.82) is 0 Å². The maximum Gasteiger partial charge on any atom is 0.252 e. The molecule has 1 aromatic heterocycles. The van der Waals surface area contributed by atoms with Gasteiger partial charge in [-0.25, -0.2) is 8.42 Å². The number of hydrogen-bond acceptors (Lipinski definition) is 6. The molecule has 1 fully saturated rings. The molecule has 1 amide bonds. The number of rotatable bonds is 5. The minimum absolute atomic E-state index is 0.120. The second-order valence-electron chi connectivity index (χ2n) is 6.12. The molecule has 0 aliphatic carbocycles. The Morgan fingerprint density at radius 2 is 1.88 bits per heavy atom. The number of sulfonamides is 1. The third-order valence-corrected chi connectivity index (χ3v) is 7.74. The van der Waals surface area contributed by atoms with Crippen molar-refractivity contribution in [2.45, 2.75) is 23.5 Å². The van der Waals surface area contributed by atoms with Gasteiger partial charge < -0.3 is 14.8 Å². The molecular weight excluding hydrogens is 376 g/mol. The first kappa shape index (κ1) is 17.3. The number of anilines is 1. The van der Waals surface area contributed by atoms with E-state index in [9.17, 15) is 13.2 Å². The zero-order valence-electron chi connectivity index (χ0n) is 13.9. The smallest absolute Gasteiger partial charge is 0.252 e. The molecule has 138 valence electrons. The van der Waals surface area contributed by atoms with Crippen LogP contribution in [0.1, 0.15) is 17.7 Å². The Balaban J connectivity index is 1.41. The van der Waals surface area contributed by atoms with Crippen LogP contribution in [0.2, 0.25) is 0 Å². The number of thiophene rings is 1. The fourth-order valence-electron chi connectivity index (χ4n) is 2.99. The molecule has 3 heterocycles. The molecule has 7 nitrogen and oxygen atoms in total. The molecule has 26 heavy (non-hydrogen) atoms. The summed E-state index contributed by atoms with van der Waals surface area (Å²) in [5, 5.41) is 2.80. The van der Waals surface area contributed by atoms with Gasteiger partial charge in [0, 0.05) is 29.7 Å². The van der Waals surface area contributed by atoms with Crippen LogP contribution in [0.15, 0.2) is 34.5 Å². The largest absolute Gasteiger partial charge is 0.454 e. The van der Waals surface area contributed by atoms with Gasteiger partial charge in [0.25, 0.3) is 10.0 Å². The van der Waals surface area contributed by atoms with E-state index < -0.39 is 10.0 Å². The van der Waals surface area contributed by atoms with Crippen LogP contribution >= 0.6 is 11.3 Å². The Kier molecular flexibility index (Phi) is 4.60. The maximum absolute atomic E-state index is 12.5. The lowest BCUT2D eigenvalue weighted by Crippen LogP contribution is -2.27. The number of amides is 1. The van der Waals surface area contributed by atoms with E-state index in [-0.39, 0.29) is 19.1 Å². The molecule has 1 saturated heterocycles. The summed E-state index contributed by atoms with van der Waals surface area (Å²) in [5.74, 6) is 1.03. The van der Waals surface area contributed by atoms with Crippen molar-refractivity contribution < 1.29 is 22.7 Å². The summed E-state index contributed by atoms with van der Waals surface area (Å²) in [7, 11) is -3.43. The van der Waals surface area contributed by atoms with Gasteiger partial charge in [0.2, 0.25) is 12.7 Å². The predicted octanol–water partition coefficient (Wildman–Crippen LogP) is 2.44. The summed E-state index contributed by atoms with van der Waals surface area (Å²) in [6.07, 6.45) is 1.92. The second-order valence-corrected chi connectivity index (χ2v) is 9.46. The highest BCUT2D eigenvalue weighted by Crippen LogP contribution is 2.34. The molecule has 0 spiro atoms. The Morgan fingerprint density at radius 3 is 2.69 bits per heavy atom. The van der Waals surface area contributed by atoms with E-state index in [0.717, 1.165) is 24.2 Å². The quantitative estimate of drug-likeness (QED) is 0.842. The highest BCUT2D eigenvalue weighted by atomic mass is 32.2. The summed E-state index contributed by atoms with van der Waals surface area (Å²) in [6, 6.07) is 8.47. The monoisotopic (exact) mass is 394 g/mol. The lowest BCUT2D eigenvalue weighted by atomic mass is 10.2. The van der Waals surface area contributed by atoms with Gasteiger partial charge in [0.1, 0.15) is 4.21 Å². The maximum atomic E-state index is 12.5. The molecule has 0 atom stereocenters. The summed E-state index contributed by atoms with van der Waals surface area (Å²) < 4.78 is 37.4. The van der Waals surface area contributed by atoms with Crippen LogP contribution in [0.3, 0.4) is 0 Å². The highest BCUT2D eigenvalue weighted by Gasteiger charge is 2.28. The van der Waals surface area contributed by atoms with Crippen molar-refractivity contribution >= 4 is 33.0 Å². The number of hydrogen-bond donors (Lipinski definition) is 1. The molecular formula is C17H18N2O5S2. The highest BCUT2D eigenvalue weighted by molar-refractivity contribution is 7.91. The van der Waals surface area contributed by atoms with Crippen molar-refractivity contribution in [3.8, 4) is 11.5 Å². The van der Waals surface area contributed by atoms with Crippen LogP contribution in [0, 0.1) is 0 Å². The molecule has 2 aliphatic rings. The van der Waals surface area contributed by atoms with Crippen molar-refractivity contribution in [3.05, 3.63) is 35.2 Å². The lowest BCUT2D eigenvalue weighted by molar-refractivity contribution is -0.115. The Labute approximate surface area is 155 Å². The topological polar surface area (TPSA) is 84.9 Å². The average Bonchev–Trinajstić information content (AvgIpc) is 3.35. The predicted molar refractivity (Wildman–Crippen MR) is 97.2 cm³/mol. The first-order valence-corrected chi connectivity index (χ1v) is 10.6. The number of nitrogens with zero attached hydrogens (tertiary/aromatic N) is 1. The third-order valence-electron chi connectivity index (χ3n) is 4.29. The molecule has 0 saturated carbocycles. The normalized spacial score (nSPS) is 16.8. The van der Waals surface area contributed by atoms with Crippen LogP contribution < -0.4 is 14.8 Å². The molecule has 1 N–H and O–H groups in total. The first-order valence-electron chi connectivity index (χ1n) is 8.31. The van der Waals surface area contributed by atoms with Crippen LogP contribution in [-0.4, -0.2) is 38.5 Å². The number of carbonyl (C=O) groups excluding carboxylic acids is 1. The van der Waals surface area contributed by atoms with E-state index in [1.807, 2.05) is 0 Å². The number of fused-ring (bicyclic) bond motifs is 1. The molecule has 2 aliphatic heterocycles. The van der Waals surface area contributed by atoms with Gasteiger partial charge in [0.15, 0.2) is 11.5 Å². The Hall–Kier alpha value is -2.10. The van der Waals surface area contributed by atoms with Crippen molar-refractivity contribution in [2.24, 2.45) is 0 Å². The van der Waals surface area contributed by atoms with Crippen LogP contribution in [0.25, 0.3) is 0 Å². The Bertz CT molecular complexity index is 932. The molecule has 0 radical (unpaired) electrons. The molecule has 4 rings (SSSR count). The number of ether oxygens (including phenoxy) is 2. The van der Waals surface area contributed by atoms with Gasteiger partial charge in [-0.05, 0) is 37.1 Å². The number of benzene rings is 1.